The lowest BCUT2D eigenvalue weighted by Crippen LogP contribution is -2.37. The van der Waals surface area contributed by atoms with Crippen molar-refractivity contribution in [3.05, 3.63) is 65.7 Å². The van der Waals surface area contributed by atoms with Crippen molar-refractivity contribution in [3.8, 4) is 0 Å². The quantitative estimate of drug-likeness (QED) is 0.892. The van der Waals surface area contributed by atoms with Gasteiger partial charge in [-0.2, -0.15) is 0 Å². The molecule has 2 heteroatoms. The first-order valence-electron chi connectivity index (χ1n) is 7.29. The molecule has 0 bridgehead atoms. The summed E-state index contributed by atoms with van der Waals surface area (Å²) in [5, 5.41) is 0. The lowest BCUT2D eigenvalue weighted by Gasteiger charge is -2.32. The highest BCUT2D eigenvalue weighted by Crippen LogP contribution is 2.44. The second-order valence-corrected chi connectivity index (χ2v) is 6.69. The van der Waals surface area contributed by atoms with Crippen molar-refractivity contribution in [2.24, 2.45) is 5.73 Å². The number of benzene rings is 2. The molecule has 3 rings (SSSR count). The third-order valence-electron chi connectivity index (χ3n) is 4.39. The summed E-state index contributed by atoms with van der Waals surface area (Å²) in [5.41, 5.74) is 9.27. The van der Waals surface area contributed by atoms with Crippen LogP contribution in [0, 0.1) is 0 Å². The molecular weight excluding hydrogens is 262 g/mol. The maximum absolute atomic E-state index is 6.75. The van der Waals surface area contributed by atoms with Gasteiger partial charge in [0.2, 0.25) is 0 Å². The molecule has 104 valence electrons. The Labute approximate surface area is 125 Å². The Kier molecular flexibility index (Phi) is 3.86. The molecule has 1 aliphatic heterocycles. The molecule has 1 heterocycles. The monoisotopic (exact) mass is 283 g/mol. The van der Waals surface area contributed by atoms with E-state index in [1.165, 1.54) is 16.0 Å². The van der Waals surface area contributed by atoms with Crippen molar-refractivity contribution in [2.45, 2.75) is 36.1 Å². The summed E-state index contributed by atoms with van der Waals surface area (Å²) >= 11 is 1.97. The van der Waals surface area contributed by atoms with Gasteiger partial charge in [0.1, 0.15) is 0 Å². The Bertz CT molecular complexity index is 581. The molecule has 1 nitrogen and oxygen atoms in total. The van der Waals surface area contributed by atoms with Crippen molar-refractivity contribution in [3.63, 3.8) is 0 Å². The van der Waals surface area contributed by atoms with Crippen molar-refractivity contribution < 1.29 is 0 Å². The third-order valence-corrected chi connectivity index (χ3v) is 5.64. The van der Waals surface area contributed by atoms with Crippen molar-refractivity contribution in [1.82, 2.24) is 0 Å². The molecule has 2 atom stereocenters. The Balaban J connectivity index is 1.87. The minimum Gasteiger partial charge on any atom is -0.321 e. The standard InChI is InChI=1S/C18H21NS/c1-2-18(19,15-8-4-3-5-9-15)12-14-13-20-17-11-7-6-10-16(14)17/h3-11,14H,2,12-13,19H2,1H3. The van der Waals surface area contributed by atoms with Crippen LogP contribution in [0.15, 0.2) is 59.5 Å². The molecule has 0 aromatic heterocycles. The van der Waals surface area contributed by atoms with Crippen LogP contribution in [0.3, 0.4) is 0 Å². The molecule has 2 aromatic rings. The SMILES string of the molecule is CCC(N)(CC1CSc2ccccc21)c1ccccc1. The average Bonchev–Trinajstić information content (AvgIpc) is 2.91. The summed E-state index contributed by atoms with van der Waals surface area (Å²) in [4.78, 5) is 1.43. The summed E-state index contributed by atoms with van der Waals surface area (Å²) in [6.45, 7) is 2.20. The van der Waals surface area contributed by atoms with Gasteiger partial charge < -0.3 is 5.73 Å². The van der Waals surface area contributed by atoms with E-state index < -0.39 is 0 Å². The van der Waals surface area contributed by atoms with E-state index in [0.29, 0.717) is 5.92 Å². The smallest absolute Gasteiger partial charge is 0.0413 e. The van der Waals surface area contributed by atoms with Crippen LogP contribution < -0.4 is 5.73 Å². The van der Waals surface area contributed by atoms with Crippen molar-refractivity contribution >= 4 is 11.8 Å². The fraction of sp³-hybridized carbons (Fsp3) is 0.333. The first-order valence-corrected chi connectivity index (χ1v) is 8.27. The van der Waals surface area contributed by atoms with E-state index in [0.717, 1.165) is 18.6 Å². The summed E-state index contributed by atoms with van der Waals surface area (Å²) in [6, 6.07) is 19.3. The first-order chi connectivity index (χ1) is 9.73. The molecule has 0 fully saturated rings. The molecule has 0 saturated carbocycles. The van der Waals surface area contributed by atoms with E-state index >= 15 is 0 Å². The predicted octanol–water partition coefficient (Wildman–Crippen LogP) is 4.53. The van der Waals surface area contributed by atoms with E-state index in [9.17, 15) is 0 Å². The van der Waals surface area contributed by atoms with Crippen LogP contribution in [-0.2, 0) is 5.54 Å². The fourth-order valence-corrected chi connectivity index (χ4v) is 4.33. The van der Waals surface area contributed by atoms with Gasteiger partial charge in [-0.3, -0.25) is 0 Å². The molecule has 0 radical (unpaired) electrons. The number of rotatable bonds is 4. The van der Waals surface area contributed by atoms with Gasteiger partial charge in [0.15, 0.2) is 0 Å². The van der Waals surface area contributed by atoms with Crippen molar-refractivity contribution in [1.29, 1.82) is 0 Å². The maximum Gasteiger partial charge on any atom is 0.0413 e. The van der Waals surface area contributed by atoms with Crippen LogP contribution in [-0.4, -0.2) is 5.75 Å². The summed E-state index contributed by atoms with van der Waals surface area (Å²) in [7, 11) is 0. The maximum atomic E-state index is 6.75. The van der Waals surface area contributed by atoms with Crippen LogP contribution in [0.5, 0.6) is 0 Å². The number of thioether (sulfide) groups is 1. The molecule has 2 N–H and O–H groups in total. The average molecular weight is 283 g/mol. The zero-order valence-corrected chi connectivity index (χ0v) is 12.7. The molecule has 0 saturated heterocycles. The van der Waals surface area contributed by atoms with Gasteiger partial charge in [0, 0.05) is 16.2 Å². The molecule has 0 aliphatic carbocycles. The molecule has 0 spiro atoms. The van der Waals surface area contributed by atoms with E-state index in [2.05, 4.69) is 61.5 Å². The molecule has 1 aliphatic rings. The largest absolute Gasteiger partial charge is 0.321 e. The predicted molar refractivity (Wildman–Crippen MR) is 87.1 cm³/mol. The van der Waals surface area contributed by atoms with E-state index in [1.54, 1.807) is 0 Å². The fourth-order valence-electron chi connectivity index (χ4n) is 3.07. The molecular formula is C18H21NS. The van der Waals surface area contributed by atoms with Crippen molar-refractivity contribution in [2.75, 3.05) is 5.75 Å². The Hall–Kier alpha value is -1.25. The van der Waals surface area contributed by atoms with Gasteiger partial charge in [-0.15, -0.1) is 11.8 Å². The zero-order valence-electron chi connectivity index (χ0n) is 11.9. The van der Waals surface area contributed by atoms with Crippen LogP contribution in [0.4, 0.5) is 0 Å². The summed E-state index contributed by atoms with van der Waals surface area (Å²) in [5.74, 6) is 1.73. The molecule has 2 aromatic carbocycles. The summed E-state index contributed by atoms with van der Waals surface area (Å²) in [6.07, 6.45) is 2.00. The highest BCUT2D eigenvalue weighted by molar-refractivity contribution is 7.99. The number of hydrogen-bond acceptors (Lipinski definition) is 2. The van der Waals surface area contributed by atoms with Crippen LogP contribution in [0.25, 0.3) is 0 Å². The van der Waals surface area contributed by atoms with Gasteiger partial charge in [-0.1, -0.05) is 55.5 Å². The van der Waals surface area contributed by atoms with Crippen LogP contribution in [0.2, 0.25) is 0 Å². The highest BCUT2D eigenvalue weighted by atomic mass is 32.2. The number of hydrogen-bond donors (Lipinski definition) is 1. The van der Waals surface area contributed by atoms with Gasteiger partial charge in [-0.05, 0) is 36.0 Å². The molecule has 20 heavy (non-hydrogen) atoms. The van der Waals surface area contributed by atoms with Gasteiger partial charge in [-0.25, -0.2) is 0 Å². The Morgan fingerprint density at radius 2 is 1.80 bits per heavy atom. The lowest BCUT2D eigenvalue weighted by atomic mass is 9.79. The van der Waals surface area contributed by atoms with Gasteiger partial charge in [0.25, 0.3) is 0 Å². The topological polar surface area (TPSA) is 26.0 Å². The minimum atomic E-state index is -0.218. The Morgan fingerprint density at radius 1 is 1.10 bits per heavy atom. The van der Waals surface area contributed by atoms with Crippen LogP contribution >= 0.6 is 11.8 Å². The minimum absolute atomic E-state index is 0.218. The molecule has 2 unspecified atom stereocenters. The molecule has 0 amide bonds. The van der Waals surface area contributed by atoms with E-state index in [-0.39, 0.29) is 5.54 Å². The Morgan fingerprint density at radius 3 is 2.55 bits per heavy atom. The first kappa shape index (κ1) is 13.7. The number of fused-ring (bicyclic) bond motifs is 1. The second kappa shape index (κ2) is 5.63. The van der Waals surface area contributed by atoms with E-state index in [1.807, 2.05) is 11.8 Å². The normalized spacial score (nSPS) is 20.4. The number of nitrogens with two attached hydrogens (primary N) is 1. The van der Waals surface area contributed by atoms with E-state index in [4.69, 9.17) is 5.73 Å². The van der Waals surface area contributed by atoms with Crippen LogP contribution in [0.1, 0.15) is 36.8 Å². The highest BCUT2D eigenvalue weighted by Gasteiger charge is 2.33. The zero-order chi connectivity index (χ0) is 14.0. The second-order valence-electron chi connectivity index (χ2n) is 5.63. The summed E-state index contributed by atoms with van der Waals surface area (Å²) < 4.78 is 0. The van der Waals surface area contributed by atoms with Gasteiger partial charge in [0.05, 0.1) is 0 Å². The van der Waals surface area contributed by atoms with Gasteiger partial charge >= 0.3 is 0 Å². The lowest BCUT2D eigenvalue weighted by molar-refractivity contribution is 0.368. The third kappa shape index (κ3) is 2.50.